The Hall–Kier alpha value is -0.330. The van der Waals surface area contributed by atoms with Crippen molar-refractivity contribution >= 4 is 42.1 Å². The second-order valence-electron chi connectivity index (χ2n) is 6.41. The number of carbonyl (C=O) groups excluding carboxylic acids is 1. The summed E-state index contributed by atoms with van der Waals surface area (Å²) in [6, 6.07) is 4.23. The minimum absolute atomic E-state index is 0. The van der Waals surface area contributed by atoms with Gasteiger partial charge < -0.3 is 10.6 Å². The number of halogens is 2. The zero-order chi connectivity index (χ0) is 14.6. The van der Waals surface area contributed by atoms with E-state index >= 15 is 0 Å². The van der Waals surface area contributed by atoms with Crippen molar-refractivity contribution in [2.45, 2.75) is 26.8 Å². The van der Waals surface area contributed by atoms with Crippen molar-refractivity contribution in [1.82, 2.24) is 15.5 Å². The Balaban J connectivity index is 0.00000220. The molecule has 0 aliphatic carbocycles. The van der Waals surface area contributed by atoms with Gasteiger partial charge in [-0.25, -0.2) is 0 Å². The number of thiophene rings is 1. The van der Waals surface area contributed by atoms with Crippen molar-refractivity contribution in [1.29, 1.82) is 0 Å². The number of nitrogens with one attached hydrogen (secondary N) is 2. The predicted octanol–water partition coefficient (Wildman–Crippen LogP) is 2.70. The standard InChI is InChI=1S/C15H25N3OS.2ClH/c1-15(2,3)14(12-5-4-10-20-12)17-13(19)11-18-8-6-16-7-9-18;;/h4-5,10,14,16H,6-9,11H2,1-3H3,(H,17,19);2*1H. The number of rotatable bonds is 4. The summed E-state index contributed by atoms with van der Waals surface area (Å²) in [5, 5.41) is 8.59. The van der Waals surface area contributed by atoms with Crippen molar-refractivity contribution in [3.63, 3.8) is 0 Å². The molecule has 7 heteroatoms. The molecule has 1 aliphatic heterocycles. The third kappa shape index (κ3) is 6.42. The van der Waals surface area contributed by atoms with E-state index in [4.69, 9.17) is 0 Å². The van der Waals surface area contributed by atoms with E-state index in [1.807, 2.05) is 6.07 Å². The van der Waals surface area contributed by atoms with Gasteiger partial charge in [0.25, 0.3) is 0 Å². The molecule has 0 bridgehead atoms. The van der Waals surface area contributed by atoms with E-state index in [9.17, 15) is 4.79 Å². The van der Waals surface area contributed by atoms with Crippen molar-refractivity contribution in [2.24, 2.45) is 5.41 Å². The van der Waals surface area contributed by atoms with Gasteiger partial charge >= 0.3 is 0 Å². The van der Waals surface area contributed by atoms with Gasteiger partial charge in [0.05, 0.1) is 12.6 Å². The largest absolute Gasteiger partial charge is 0.347 e. The van der Waals surface area contributed by atoms with E-state index in [-0.39, 0.29) is 42.2 Å². The maximum absolute atomic E-state index is 12.3. The highest BCUT2D eigenvalue weighted by Crippen LogP contribution is 2.34. The number of hydrogen-bond acceptors (Lipinski definition) is 4. The van der Waals surface area contributed by atoms with Crippen LogP contribution < -0.4 is 10.6 Å². The minimum atomic E-state index is 0. The molecule has 1 fully saturated rings. The molecule has 1 saturated heterocycles. The summed E-state index contributed by atoms with van der Waals surface area (Å²) in [6.45, 7) is 10.9. The van der Waals surface area contributed by atoms with Gasteiger partial charge in [-0.05, 0) is 16.9 Å². The van der Waals surface area contributed by atoms with Gasteiger partial charge in [-0.3, -0.25) is 9.69 Å². The van der Waals surface area contributed by atoms with Gasteiger partial charge in [-0.15, -0.1) is 36.2 Å². The maximum atomic E-state index is 12.3. The highest BCUT2D eigenvalue weighted by molar-refractivity contribution is 7.10. The lowest BCUT2D eigenvalue weighted by atomic mass is 9.85. The number of piperazine rings is 1. The second-order valence-corrected chi connectivity index (χ2v) is 7.39. The lowest BCUT2D eigenvalue weighted by Crippen LogP contribution is -2.48. The Morgan fingerprint density at radius 2 is 2.00 bits per heavy atom. The first-order valence-corrected chi connectivity index (χ1v) is 8.10. The van der Waals surface area contributed by atoms with E-state index in [2.05, 4.69) is 47.8 Å². The number of nitrogens with zero attached hydrogens (tertiary/aromatic N) is 1. The number of carbonyl (C=O) groups is 1. The SMILES string of the molecule is CC(C)(C)C(NC(=O)CN1CCNCC1)c1cccs1.Cl.Cl. The van der Waals surface area contributed by atoms with Gasteiger partial charge in [0.15, 0.2) is 0 Å². The molecule has 0 radical (unpaired) electrons. The fourth-order valence-corrected chi connectivity index (χ4v) is 3.47. The Labute approximate surface area is 149 Å². The molecular formula is C15H27Cl2N3OS. The van der Waals surface area contributed by atoms with Gasteiger partial charge in [-0.1, -0.05) is 26.8 Å². The van der Waals surface area contributed by atoms with E-state index < -0.39 is 0 Å². The lowest BCUT2D eigenvalue weighted by molar-refractivity contribution is -0.123. The molecule has 2 rings (SSSR count). The summed E-state index contributed by atoms with van der Waals surface area (Å²) in [5.41, 5.74) is 0.0178. The van der Waals surface area contributed by atoms with Crippen LogP contribution in [0.4, 0.5) is 0 Å². The van der Waals surface area contributed by atoms with E-state index in [0.29, 0.717) is 6.54 Å². The molecule has 1 aliphatic rings. The third-order valence-electron chi connectivity index (χ3n) is 3.58. The Morgan fingerprint density at radius 1 is 1.36 bits per heavy atom. The van der Waals surface area contributed by atoms with Crippen LogP contribution in [0.3, 0.4) is 0 Å². The van der Waals surface area contributed by atoms with Gasteiger partial charge in [-0.2, -0.15) is 0 Å². The molecular weight excluding hydrogens is 341 g/mol. The average molecular weight is 368 g/mol. The first-order valence-electron chi connectivity index (χ1n) is 7.22. The van der Waals surface area contributed by atoms with Crippen LogP contribution in [0.25, 0.3) is 0 Å². The van der Waals surface area contributed by atoms with E-state index in [0.717, 1.165) is 26.2 Å². The van der Waals surface area contributed by atoms with Crippen LogP contribution in [0.5, 0.6) is 0 Å². The molecule has 2 N–H and O–H groups in total. The zero-order valence-electron chi connectivity index (χ0n) is 13.4. The molecule has 1 aromatic heterocycles. The molecule has 0 spiro atoms. The zero-order valence-corrected chi connectivity index (χ0v) is 15.9. The van der Waals surface area contributed by atoms with Crippen LogP contribution in [-0.2, 0) is 4.79 Å². The third-order valence-corrected chi connectivity index (χ3v) is 4.51. The molecule has 1 amide bonds. The van der Waals surface area contributed by atoms with Crippen LogP contribution in [0, 0.1) is 5.41 Å². The van der Waals surface area contributed by atoms with Crippen LogP contribution in [0.15, 0.2) is 17.5 Å². The second kappa shape index (κ2) is 9.73. The van der Waals surface area contributed by atoms with Crippen LogP contribution in [0.1, 0.15) is 31.7 Å². The summed E-state index contributed by atoms with van der Waals surface area (Å²) in [4.78, 5) is 15.7. The molecule has 4 nitrogen and oxygen atoms in total. The molecule has 2 heterocycles. The first kappa shape index (κ1) is 21.7. The van der Waals surface area contributed by atoms with Crippen molar-refractivity contribution < 1.29 is 4.79 Å². The molecule has 128 valence electrons. The highest BCUT2D eigenvalue weighted by Gasteiger charge is 2.29. The lowest BCUT2D eigenvalue weighted by Gasteiger charge is -2.32. The van der Waals surface area contributed by atoms with Crippen molar-refractivity contribution in [2.75, 3.05) is 32.7 Å². The fraction of sp³-hybridized carbons (Fsp3) is 0.667. The Bertz CT molecular complexity index is 428. The normalized spacial score (nSPS) is 17.0. The molecule has 1 atom stereocenters. The highest BCUT2D eigenvalue weighted by atomic mass is 35.5. The molecule has 22 heavy (non-hydrogen) atoms. The molecule has 1 aromatic rings. The average Bonchev–Trinajstić information content (AvgIpc) is 2.89. The smallest absolute Gasteiger partial charge is 0.234 e. The quantitative estimate of drug-likeness (QED) is 0.859. The maximum Gasteiger partial charge on any atom is 0.234 e. The topological polar surface area (TPSA) is 44.4 Å². The Kier molecular flexibility index (Phi) is 9.58. The van der Waals surface area contributed by atoms with Crippen molar-refractivity contribution in [3.05, 3.63) is 22.4 Å². The van der Waals surface area contributed by atoms with Crippen LogP contribution in [0.2, 0.25) is 0 Å². The van der Waals surface area contributed by atoms with Gasteiger partial charge in [0.1, 0.15) is 0 Å². The summed E-state index contributed by atoms with van der Waals surface area (Å²) in [6.07, 6.45) is 0. The summed E-state index contributed by atoms with van der Waals surface area (Å²) in [5.74, 6) is 0.125. The molecule has 1 unspecified atom stereocenters. The van der Waals surface area contributed by atoms with E-state index in [1.54, 1.807) is 11.3 Å². The summed E-state index contributed by atoms with van der Waals surface area (Å²) < 4.78 is 0. The predicted molar refractivity (Wildman–Crippen MR) is 98.5 cm³/mol. The molecule has 0 saturated carbocycles. The monoisotopic (exact) mass is 367 g/mol. The van der Waals surface area contributed by atoms with E-state index in [1.165, 1.54) is 4.88 Å². The van der Waals surface area contributed by atoms with Gasteiger partial charge in [0, 0.05) is 31.1 Å². The first-order chi connectivity index (χ1) is 9.47. The number of amides is 1. The Morgan fingerprint density at radius 3 is 2.50 bits per heavy atom. The number of hydrogen-bond donors (Lipinski definition) is 2. The van der Waals surface area contributed by atoms with Crippen molar-refractivity contribution in [3.8, 4) is 0 Å². The van der Waals surface area contributed by atoms with Crippen LogP contribution in [-0.4, -0.2) is 43.5 Å². The minimum Gasteiger partial charge on any atom is -0.347 e. The molecule has 0 aromatic carbocycles. The fourth-order valence-electron chi connectivity index (χ4n) is 2.45. The summed E-state index contributed by atoms with van der Waals surface area (Å²) in [7, 11) is 0. The van der Waals surface area contributed by atoms with Crippen LogP contribution >= 0.6 is 36.2 Å². The summed E-state index contributed by atoms with van der Waals surface area (Å²) >= 11 is 1.71. The van der Waals surface area contributed by atoms with Gasteiger partial charge in [0.2, 0.25) is 5.91 Å².